The zero-order chi connectivity index (χ0) is 21.2. The second-order valence-corrected chi connectivity index (χ2v) is 7.21. The summed E-state index contributed by atoms with van der Waals surface area (Å²) >= 11 is 5.92. The number of amides is 4. The van der Waals surface area contributed by atoms with E-state index >= 15 is 0 Å². The van der Waals surface area contributed by atoms with Gasteiger partial charge in [-0.2, -0.15) is 0 Å². The monoisotopic (exact) mass is 413 g/mol. The molecule has 1 aliphatic heterocycles. The highest BCUT2D eigenvalue weighted by Gasteiger charge is 2.51. The Morgan fingerprint density at radius 2 is 1.83 bits per heavy atom. The number of carbonyl (C=O) groups is 4. The van der Waals surface area contributed by atoms with Crippen molar-refractivity contribution in [2.24, 2.45) is 0 Å². The third-order valence-corrected chi connectivity index (χ3v) is 5.15. The van der Waals surface area contributed by atoms with Crippen molar-refractivity contribution in [3.05, 3.63) is 64.7 Å². The summed E-state index contributed by atoms with van der Waals surface area (Å²) in [4.78, 5) is 50.4. The summed E-state index contributed by atoms with van der Waals surface area (Å²) in [5.74, 6) is -1.18. The number of imide groups is 1. The van der Waals surface area contributed by atoms with Crippen molar-refractivity contribution in [1.29, 1.82) is 0 Å². The molecular weight excluding hydrogens is 394 g/mol. The van der Waals surface area contributed by atoms with Crippen LogP contribution in [0.1, 0.15) is 36.2 Å². The highest BCUT2D eigenvalue weighted by molar-refractivity contribution is 6.30. The number of nitrogens with one attached hydrogen (secondary N) is 2. The van der Waals surface area contributed by atoms with Gasteiger partial charge in [-0.05, 0) is 43.2 Å². The normalized spacial score (nSPS) is 18.5. The summed E-state index contributed by atoms with van der Waals surface area (Å²) in [5.41, 5.74) is 0.218. The molecule has 0 aliphatic carbocycles. The average molecular weight is 414 g/mol. The first-order chi connectivity index (χ1) is 13.8. The van der Waals surface area contributed by atoms with E-state index in [-0.39, 0.29) is 5.78 Å². The molecule has 0 radical (unpaired) electrons. The van der Waals surface area contributed by atoms with Crippen LogP contribution >= 0.6 is 11.6 Å². The summed E-state index contributed by atoms with van der Waals surface area (Å²) in [5, 5.41) is 5.85. The number of hydrogen-bond acceptors (Lipinski definition) is 4. The summed E-state index contributed by atoms with van der Waals surface area (Å²) in [6.45, 7) is 2.77. The van der Waals surface area contributed by atoms with Gasteiger partial charge < -0.3 is 10.6 Å². The van der Waals surface area contributed by atoms with Crippen molar-refractivity contribution >= 4 is 40.9 Å². The van der Waals surface area contributed by atoms with Gasteiger partial charge in [-0.15, -0.1) is 0 Å². The Morgan fingerprint density at radius 1 is 1.14 bits per heavy atom. The van der Waals surface area contributed by atoms with Crippen LogP contribution in [0.4, 0.5) is 10.5 Å². The molecule has 8 heteroatoms. The lowest BCUT2D eigenvalue weighted by atomic mass is 9.87. The molecule has 1 aliphatic rings. The molecule has 1 fully saturated rings. The van der Waals surface area contributed by atoms with Crippen LogP contribution in [0.25, 0.3) is 0 Å². The molecule has 29 heavy (non-hydrogen) atoms. The molecule has 2 aromatic carbocycles. The molecule has 2 aromatic rings. The number of benzene rings is 2. The quantitative estimate of drug-likeness (QED) is 0.560. The lowest BCUT2D eigenvalue weighted by Crippen LogP contribution is -2.44. The molecule has 2 N–H and O–H groups in total. The molecule has 0 spiro atoms. The molecule has 3 rings (SSSR count). The number of hydrogen-bond donors (Lipinski definition) is 2. The van der Waals surface area contributed by atoms with Crippen molar-refractivity contribution in [3.63, 3.8) is 0 Å². The zero-order valence-electron chi connectivity index (χ0n) is 16.0. The molecule has 150 valence electrons. The minimum Gasteiger partial charge on any atom is -0.325 e. The molecule has 1 heterocycles. The van der Waals surface area contributed by atoms with Gasteiger partial charge in [-0.3, -0.25) is 19.3 Å². The average Bonchev–Trinajstić information content (AvgIpc) is 2.93. The predicted molar refractivity (Wildman–Crippen MR) is 109 cm³/mol. The Morgan fingerprint density at radius 3 is 2.45 bits per heavy atom. The minimum absolute atomic E-state index is 0.133. The van der Waals surface area contributed by atoms with Gasteiger partial charge in [0.05, 0.1) is 0 Å². The van der Waals surface area contributed by atoms with E-state index in [0.29, 0.717) is 28.3 Å². The highest BCUT2D eigenvalue weighted by Crippen LogP contribution is 2.33. The van der Waals surface area contributed by atoms with Gasteiger partial charge >= 0.3 is 6.03 Å². The maximum absolute atomic E-state index is 13.1. The van der Waals surface area contributed by atoms with Gasteiger partial charge in [-0.25, -0.2) is 4.79 Å². The summed E-state index contributed by atoms with van der Waals surface area (Å²) in [7, 11) is 0. The van der Waals surface area contributed by atoms with Gasteiger partial charge in [0.1, 0.15) is 12.1 Å². The van der Waals surface area contributed by atoms with Crippen LogP contribution in [-0.4, -0.2) is 35.1 Å². The van der Waals surface area contributed by atoms with E-state index < -0.39 is 29.9 Å². The first-order valence-corrected chi connectivity index (χ1v) is 9.45. The maximum atomic E-state index is 13.1. The SMILES string of the molecule is CC[C@]1(c2ccc(Cl)cc2)NC(=O)N(CC(=O)Nc2cccc(C(C)=O)c2)C1=O. The number of urea groups is 1. The first-order valence-electron chi connectivity index (χ1n) is 9.08. The van der Waals surface area contributed by atoms with Gasteiger partial charge in [0.15, 0.2) is 5.78 Å². The number of carbonyl (C=O) groups excluding carboxylic acids is 4. The molecule has 4 amide bonds. The third-order valence-electron chi connectivity index (χ3n) is 4.90. The summed E-state index contributed by atoms with van der Waals surface area (Å²) in [6, 6.07) is 12.5. The molecule has 0 aromatic heterocycles. The summed E-state index contributed by atoms with van der Waals surface area (Å²) in [6.07, 6.45) is 0.317. The van der Waals surface area contributed by atoms with Crippen molar-refractivity contribution in [2.45, 2.75) is 25.8 Å². The number of halogens is 1. The second kappa shape index (κ2) is 8.05. The number of nitrogens with zero attached hydrogens (tertiary/aromatic N) is 1. The van der Waals surface area contributed by atoms with Crippen LogP contribution in [0.3, 0.4) is 0 Å². The number of Topliss-reactive ketones (excluding diaryl/α,β-unsaturated/α-hetero) is 1. The van der Waals surface area contributed by atoms with E-state index in [0.717, 1.165) is 4.90 Å². The van der Waals surface area contributed by atoms with Crippen LogP contribution in [0, 0.1) is 0 Å². The maximum Gasteiger partial charge on any atom is 0.325 e. The highest BCUT2D eigenvalue weighted by atomic mass is 35.5. The van der Waals surface area contributed by atoms with Gasteiger partial charge in [0.25, 0.3) is 5.91 Å². The van der Waals surface area contributed by atoms with E-state index in [1.165, 1.54) is 13.0 Å². The standard InChI is InChI=1S/C21H20ClN3O4/c1-3-21(15-7-9-16(22)10-8-15)19(28)25(20(29)24-21)12-18(27)23-17-6-4-5-14(11-17)13(2)26/h4-11H,3,12H2,1-2H3,(H,23,27)(H,24,29)/t21-/m1/s1. The molecule has 0 saturated carbocycles. The molecule has 7 nitrogen and oxygen atoms in total. The fraction of sp³-hybridized carbons (Fsp3) is 0.238. The van der Waals surface area contributed by atoms with E-state index in [9.17, 15) is 19.2 Å². The fourth-order valence-corrected chi connectivity index (χ4v) is 3.43. The molecule has 0 bridgehead atoms. The predicted octanol–water partition coefficient (Wildman–Crippen LogP) is 3.34. The van der Waals surface area contributed by atoms with Gasteiger partial charge in [0, 0.05) is 16.3 Å². The number of anilines is 1. The lowest BCUT2D eigenvalue weighted by Gasteiger charge is -2.25. The molecule has 1 atom stereocenters. The molecule has 1 saturated heterocycles. The van der Waals surface area contributed by atoms with Crippen molar-refractivity contribution < 1.29 is 19.2 Å². The molecule has 0 unspecified atom stereocenters. The molecular formula is C21H20ClN3O4. The topological polar surface area (TPSA) is 95.6 Å². The Hall–Kier alpha value is -3.19. The van der Waals surface area contributed by atoms with E-state index in [1.54, 1.807) is 49.4 Å². The fourth-order valence-electron chi connectivity index (χ4n) is 3.30. The summed E-state index contributed by atoms with van der Waals surface area (Å²) < 4.78 is 0. The smallest absolute Gasteiger partial charge is 0.325 e. The van der Waals surface area contributed by atoms with E-state index in [4.69, 9.17) is 11.6 Å². The van der Waals surface area contributed by atoms with Crippen molar-refractivity contribution in [3.8, 4) is 0 Å². The van der Waals surface area contributed by atoms with Crippen molar-refractivity contribution in [1.82, 2.24) is 10.2 Å². The number of rotatable bonds is 6. The first kappa shape index (κ1) is 20.5. The zero-order valence-corrected chi connectivity index (χ0v) is 16.7. The van der Waals surface area contributed by atoms with Gasteiger partial charge in [0.2, 0.25) is 5.91 Å². The van der Waals surface area contributed by atoms with E-state index in [1.807, 2.05) is 0 Å². The van der Waals surface area contributed by atoms with E-state index in [2.05, 4.69) is 10.6 Å². The van der Waals surface area contributed by atoms with Crippen LogP contribution in [0.15, 0.2) is 48.5 Å². The Bertz CT molecular complexity index is 990. The number of ketones is 1. The van der Waals surface area contributed by atoms with Crippen molar-refractivity contribution in [2.75, 3.05) is 11.9 Å². The van der Waals surface area contributed by atoms with Crippen LogP contribution in [0.2, 0.25) is 5.02 Å². The van der Waals surface area contributed by atoms with Gasteiger partial charge in [-0.1, -0.05) is 42.8 Å². The Kier molecular flexibility index (Phi) is 5.70. The Labute approximate surface area is 173 Å². The largest absolute Gasteiger partial charge is 0.325 e. The second-order valence-electron chi connectivity index (χ2n) is 6.77. The van der Waals surface area contributed by atoms with Crippen LogP contribution in [0.5, 0.6) is 0 Å². The third kappa shape index (κ3) is 4.00. The lowest BCUT2D eigenvalue weighted by molar-refractivity contribution is -0.134. The van der Waals surface area contributed by atoms with Crippen LogP contribution < -0.4 is 10.6 Å². The van der Waals surface area contributed by atoms with Crippen LogP contribution in [-0.2, 0) is 15.1 Å². The Balaban J connectivity index is 1.77. The minimum atomic E-state index is -1.24.